The second-order valence-electron chi connectivity index (χ2n) is 8.04. The molecule has 1 heterocycles. The van der Waals surface area contributed by atoms with Gasteiger partial charge >= 0.3 is 6.03 Å². The van der Waals surface area contributed by atoms with Gasteiger partial charge in [-0.3, -0.25) is 4.79 Å². The van der Waals surface area contributed by atoms with E-state index in [1.807, 2.05) is 69.3 Å². The van der Waals surface area contributed by atoms with Crippen LogP contribution in [0, 0.1) is 0 Å². The standard InChI is InChI=1S/C25H30N4O2S/c1-18(2)29(25(31)27-21-12-8-5-9-13-21)16-23-28-22(17-32-23)24(30)26-19(3)14-15-20-10-6-4-7-11-20/h4-13,17-19H,14-16H2,1-3H3,(H,26,30)(H,27,31). The summed E-state index contributed by atoms with van der Waals surface area (Å²) >= 11 is 1.39. The molecule has 0 fully saturated rings. The van der Waals surface area contributed by atoms with Gasteiger partial charge in [0.1, 0.15) is 10.7 Å². The lowest BCUT2D eigenvalue weighted by Crippen LogP contribution is -2.39. The molecule has 1 atom stereocenters. The minimum atomic E-state index is -0.193. The highest BCUT2D eigenvalue weighted by molar-refractivity contribution is 7.09. The van der Waals surface area contributed by atoms with Crippen LogP contribution in [-0.4, -0.2) is 33.9 Å². The predicted molar refractivity (Wildman–Crippen MR) is 130 cm³/mol. The minimum absolute atomic E-state index is 0.0158. The van der Waals surface area contributed by atoms with E-state index in [-0.39, 0.29) is 24.0 Å². The maximum atomic E-state index is 12.7. The molecule has 0 spiro atoms. The number of anilines is 1. The number of urea groups is 1. The molecule has 0 saturated carbocycles. The fourth-order valence-corrected chi connectivity index (χ4v) is 4.01. The summed E-state index contributed by atoms with van der Waals surface area (Å²) in [5, 5.41) is 8.41. The molecule has 6 nitrogen and oxygen atoms in total. The van der Waals surface area contributed by atoms with E-state index in [0.717, 1.165) is 23.5 Å². The van der Waals surface area contributed by atoms with Crippen molar-refractivity contribution in [1.29, 1.82) is 0 Å². The molecule has 32 heavy (non-hydrogen) atoms. The van der Waals surface area contributed by atoms with E-state index in [2.05, 4.69) is 27.8 Å². The number of aryl methyl sites for hydroxylation is 1. The predicted octanol–water partition coefficient (Wildman–Crippen LogP) is 5.34. The molecule has 0 aliphatic heterocycles. The molecule has 0 aliphatic rings. The fraction of sp³-hybridized carbons (Fsp3) is 0.320. The molecule has 0 radical (unpaired) electrons. The highest BCUT2D eigenvalue weighted by atomic mass is 32.1. The SMILES string of the molecule is CC(CCc1ccccc1)NC(=O)c1csc(CN(C(=O)Nc2ccccc2)C(C)C)n1. The van der Waals surface area contributed by atoms with Crippen molar-refractivity contribution in [1.82, 2.24) is 15.2 Å². The summed E-state index contributed by atoms with van der Waals surface area (Å²) in [5.41, 5.74) is 2.39. The van der Waals surface area contributed by atoms with E-state index in [1.54, 1.807) is 10.3 Å². The van der Waals surface area contributed by atoms with E-state index in [9.17, 15) is 9.59 Å². The van der Waals surface area contributed by atoms with Gasteiger partial charge in [0.2, 0.25) is 0 Å². The minimum Gasteiger partial charge on any atom is -0.348 e. The Morgan fingerprint density at radius 2 is 1.66 bits per heavy atom. The zero-order valence-electron chi connectivity index (χ0n) is 18.7. The number of amides is 3. The molecule has 1 unspecified atom stereocenters. The van der Waals surface area contributed by atoms with Crippen LogP contribution in [0.1, 0.15) is 48.3 Å². The Hall–Kier alpha value is -3.19. The zero-order valence-corrected chi connectivity index (χ0v) is 19.6. The lowest BCUT2D eigenvalue weighted by atomic mass is 10.1. The number of hydrogen-bond acceptors (Lipinski definition) is 4. The second-order valence-corrected chi connectivity index (χ2v) is 8.99. The number of rotatable bonds is 9. The molecule has 7 heteroatoms. The first kappa shape index (κ1) is 23.5. The van der Waals surface area contributed by atoms with E-state index < -0.39 is 0 Å². The van der Waals surface area contributed by atoms with Gasteiger partial charge in [0.05, 0.1) is 6.54 Å². The third-order valence-corrected chi connectivity index (χ3v) is 5.92. The average Bonchev–Trinajstić information content (AvgIpc) is 3.26. The van der Waals surface area contributed by atoms with Gasteiger partial charge in [-0.15, -0.1) is 11.3 Å². The van der Waals surface area contributed by atoms with E-state index >= 15 is 0 Å². The number of nitrogens with zero attached hydrogens (tertiary/aromatic N) is 2. The first-order chi connectivity index (χ1) is 15.4. The third-order valence-electron chi connectivity index (χ3n) is 5.09. The maximum absolute atomic E-state index is 12.7. The molecule has 0 aliphatic carbocycles. The first-order valence-corrected chi connectivity index (χ1v) is 11.7. The monoisotopic (exact) mass is 450 g/mol. The number of carbonyl (C=O) groups is 2. The Labute approximate surface area is 193 Å². The van der Waals surface area contributed by atoms with Crippen LogP contribution in [0.4, 0.5) is 10.5 Å². The van der Waals surface area contributed by atoms with Crippen LogP contribution < -0.4 is 10.6 Å². The summed E-state index contributed by atoms with van der Waals surface area (Å²) in [7, 11) is 0. The highest BCUT2D eigenvalue weighted by Crippen LogP contribution is 2.16. The summed E-state index contributed by atoms with van der Waals surface area (Å²) in [6.07, 6.45) is 1.76. The van der Waals surface area contributed by atoms with Crippen molar-refractivity contribution in [2.24, 2.45) is 0 Å². The largest absolute Gasteiger partial charge is 0.348 e. The van der Waals surface area contributed by atoms with Gasteiger partial charge in [0.15, 0.2) is 0 Å². The van der Waals surface area contributed by atoms with Crippen molar-refractivity contribution < 1.29 is 9.59 Å². The van der Waals surface area contributed by atoms with E-state index in [4.69, 9.17) is 0 Å². The normalized spacial score (nSPS) is 11.8. The van der Waals surface area contributed by atoms with Crippen LogP contribution in [0.25, 0.3) is 0 Å². The Bertz CT molecular complexity index is 1010. The van der Waals surface area contributed by atoms with Gasteiger partial charge in [-0.25, -0.2) is 9.78 Å². The van der Waals surface area contributed by atoms with Crippen molar-refractivity contribution in [2.75, 3.05) is 5.32 Å². The molecular formula is C25H30N4O2S. The molecule has 2 aromatic carbocycles. The number of nitrogens with one attached hydrogen (secondary N) is 2. The van der Waals surface area contributed by atoms with E-state index in [1.165, 1.54) is 16.9 Å². The van der Waals surface area contributed by atoms with Crippen LogP contribution in [0.3, 0.4) is 0 Å². The van der Waals surface area contributed by atoms with Gasteiger partial charge < -0.3 is 15.5 Å². The molecule has 3 aromatic rings. The van der Waals surface area contributed by atoms with Gasteiger partial charge in [0, 0.05) is 23.2 Å². The van der Waals surface area contributed by atoms with Gasteiger partial charge in [-0.1, -0.05) is 48.5 Å². The third kappa shape index (κ3) is 6.92. The summed E-state index contributed by atoms with van der Waals surface area (Å²) in [6.45, 7) is 6.26. The van der Waals surface area contributed by atoms with Crippen LogP contribution in [0.15, 0.2) is 66.0 Å². The van der Waals surface area contributed by atoms with Crippen LogP contribution in [-0.2, 0) is 13.0 Å². The Morgan fingerprint density at radius 1 is 1.00 bits per heavy atom. The summed E-state index contributed by atoms with van der Waals surface area (Å²) in [6, 6.07) is 19.4. The summed E-state index contributed by atoms with van der Waals surface area (Å²) in [5.74, 6) is -0.183. The average molecular weight is 451 g/mol. The first-order valence-electron chi connectivity index (χ1n) is 10.8. The molecule has 168 valence electrons. The fourth-order valence-electron chi connectivity index (χ4n) is 3.24. The zero-order chi connectivity index (χ0) is 22.9. The van der Waals surface area contributed by atoms with Crippen molar-refractivity contribution in [3.05, 3.63) is 82.3 Å². The van der Waals surface area contributed by atoms with Crippen molar-refractivity contribution in [2.45, 2.75) is 52.2 Å². The molecular weight excluding hydrogens is 420 g/mol. The van der Waals surface area contributed by atoms with Crippen molar-refractivity contribution in [3.8, 4) is 0 Å². The molecule has 1 aromatic heterocycles. The molecule has 3 amide bonds. The summed E-state index contributed by atoms with van der Waals surface area (Å²) < 4.78 is 0. The van der Waals surface area contributed by atoms with Crippen LogP contribution in [0.2, 0.25) is 0 Å². The number of thiazole rings is 1. The van der Waals surface area contributed by atoms with Gasteiger partial charge in [0.25, 0.3) is 5.91 Å². The number of hydrogen-bond donors (Lipinski definition) is 2. The summed E-state index contributed by atoms with van der Waals surface area (Å²) in [4.78, 5) is 31.5. The number of aromatic nitrogens is 1. The van der Waals surface area contributed by atoms with Crippen LogP contribution >= 0.6 is 11.3 Å². The molecule has 0 bridgehead atoms. The lowest BCUT2D eigenvalue weighted by Gasteiger charge is -2.26. The number of carbonyl (C=O) groups excluding carboxylic acids is 2. The van der Waals surface area contributed by atoms with Crippen molar-refractivity contribution >= 4 is 29.0 Å². The van der Waals surface area contributed by atoms with Gasteiger partial charge in [-0.2, -0.15) is 0 Å². The Morgan fingerprint density at radius 3 is 2.31 bits per heavy atom. The quantitative estimate of drug-likeness (QED) is 0.462. The van der Waals surface area contributed by atoms with Gasteiger partial charge in [-0.05, 0) is 51.3 Å². The van der Waals surface area contributed by atoms with E-state index in [0.29, 0.717) is 12.2 Å². The molecule has 0 saturated heterocycles. The second kappa shape index (κ2) is 11.4. The smallest absolute Gasteiger partial charge is 0.322 e. The topological polar surface area (TPSA) is 74.3 Å². The number of para-hydroxylation sites is 1. The highest BCUT2D eigenvalue weighted by Gasteiger charge is 2.20. The number of benzene rings is 2. The molecule has 2 N–H and O–H groups in total. The maximum Gasteiger partial charge on any atom is 0.322 e. The van der Waals surface area contributed by atoms with Crippen LogP contribution in [0.5, 0.6) is 0 Å². The van der Waals surface area contributed by atoms with Crippen molar-refractivity contribution in [3.63, 3.8) is 0 Å². The Kier molecular flexibility index (Phi) is 8.39. The lowest BCUT2D eigenvalue weighted by molar-refractivity contribution is 0.0934. The molecule has 3 rings (SSSR count). The Balaban J connectivity index is 1.54.